The monoisotopic (exact) mass is 479 g/mol. The molecule has 0 heterocycles. The maximum atomic E-state index is 2.43. The minimum Gasteiger partial charge on any atom is -1.00 e. The van der Waals surface area contributed by atoms with Crippen molar-refractivity contribution in [2.75, 3.05) is 0 Å². The van der Waals surface area contributed by atoms with E-state index in [-0.39, 0.29) is 45.7 Å². The Morgan fingerprint density at radius 1 is 0.621 bits per heavy atom. The van der Waals surface area contributed by atoms with Gasteiger partial charge >= 0.3 is 17.4 Å². The molecule has 29 heavy (non-hydrogen) atoms. The van der Waals surface area contributed by atoms with Gasteiger partial charge in [-0.25, -0.2) is 0 Å². The van der Waals surface area contributed by atoms with Crippen LogP contribution in [0, 0.1) is 41.5 Å². The smallest absolute Gasteiger partial charge is 1.00 e. The van der Waals surface area contributed by atoms with E-state index < -0.39 is 0 Å². The standard InChI is InChI=1S/C16H20PSi.C9H13.ClH.Cr/c1-13-5-9-15(10-6-13)17(18(3)4)16-11-7-14(2)8-12-16;1-6-5-7(2)9(4)8(6)3;;/h5-12H,1-4H3;5H,1-4H3;1H;/q;-1;;+2/p-1. The van der Waals surface area contributed by atoms with Gasteiger partial charge in [0.15, 0.2) is 0 Å². The van der Waals surface area contributed by atoms with E-state index in [4.69, 9.17) is 0 Å². The summed E-state index contributed by atoms with van der Waals surface area (Å²) in [4.78, 5) is 0. The number of aryl methyl sites for hydroxylation is 4. The first-order chi connectivity index (χ1) is 12.7. The molecule has 0 nitrogen and oxygen atoms in total. The second-order valence-electron chi connectivity index (χ2n) is 7.71. The van der Waals surface area contributed by atoms with Gasteiger partial charge < -0.3 is 12.4 Å². The number of hydrogen-bond donors (Lipinski definition) is 0. The van der Waals surface area contributed by atoms with Crippen molar-refractivity contribution in [1.82, 2.24) is 0 Å². The predicted molar refractivity (Wildman–Crippen MR) is 127 cm³/mol. The molecule has 0 spiro atoms. The molecule has 0 aromatic heterocycles. The molecule has 1 radical (unpaired) electrons. The van der Waals surface area contributed by atoms with Gasteiger partial charge in [-0.05, 0) is 24.5 Å². The van der Waals surface area contributed by atoms with Crippen LogP contribution in [-0.4, -0.2) is 8.46 Å². The second-order valence-corrected chi connectivity index (χ2v) is 15.3. The zero-order valence-corrected chi connectivity index (χ0v) is 22.9. The molecular formula is C25H33ClCrPSi. The molecule has 0 atom stereocenters. The SMILES string of the molecule is Cc1[cH-]c(C)c(C)c1C.Cc1ccc(P(c2ccc(C)cc2)[Si](C)C)cc1.[Cl-].[Cr+2]. The number of rotatable bonds is 3. The second kappa shape index (κ2) is 12.8. The Hall–Kier alpha value is -0.741. The Morgan fingerprint density at radius 3 is 1.14 bits per heavy atom. The van der Waals surface area contributed by atoms with Gasteiger partial charge in [0, 0.05) is 0 Å². The minimum absolute atomic E-state index is 0. The fraction of sp³-hybridized carbons (Fsp3) is 0.320. The summed E-state index contributed by atoms with van der Waals surface area (Å²) in [7, 11) is -0.471. The summed E-state index contributed by atoms with van der Waals surface area (Å²) < 4.78 is 0. The molecule has 4 heteroatoms. The summed E-state index contributed by atoms with van der Waals surface area (Å²) in [5, 5.41) is 3.05. The fourth-order valence-corrected chi connectivity index (χ4v) is 9.40. The molecule has 155 valence electrons. The number of benzene rings is 2. The maximum absolute atomic E-state index is 2.43. The normalized spacial score (nSPS) is 10.1. The van der Waals surface area contributed by atoms with E-state index in [0.717, 1.165) is 0 Å². The average Bonchev–Trinajstić information content (AvgIpc) is 2.85. The molecule has 0 saturated heterocycles. The molecule has 0 bridgehead atoms. The van der Waals surface area contributed by atoms with E-state index in [1.165, 1.54) is 44.0 Å². The van der Waals surface area contributed by atoms with E-state index in [0.29, 0.717) is 0 Å². The van der Waals surface area contributed by atoms with Crippen LogP contribution in [0.1, 0.15) is 33.4 Å². The molecule has 0 aliphatic rings. The first kappa shape index (κ1) is 28.3. The molecule has 0 unspecified atom stereocenters. The van der Waals surface area contributed by atoms with Crippen LogP contribution in [0.3, 0.4) is 0 Å². The number of hydrogen-bond acceptors (Lipinski definition) is 0. The van der Waals surface area contributed by atoms with Gasteiger partial charge in [-0.15, -0.1) is 0 Å². The molecule has 0 fully saturated rings. The predicted octanol–water partition coefficient (Wildman–Crippen LogP) is 3.63. The van der Waals surface area contributed by atoms with Gasteiger partial charge in [-0.3, -0.25) is 0 Å². The Morgan fingerprint density at radius 2 is 0.931 bits per heavy atom. The van der Waals surface area contributed by atoms with E-state index in [2.05, 4.69) is 109 Å². The molecule has 3 aromatic rings. The molecule has 3 rings (SSSR count). The maximum Gasteiger partial charge on any atom is 2.00 e. The zero-order chi connectivity index (χ0) is 20.1. The van der Waals surface area contributed by atoms with E-state index in [9.17, 15) is 0 Å². The summed E-state index contributed by atoms with van der Waals surface area (Å²) in [6.07, 6.45) is 0. The summed E-state index contributed by atoms with van der Waals surface area (Å²) >= 11 is 0. The molecule has 0 N–H and O–H groups in total. The van der Waals surface area contributed by atoms with Crippen molar-refractivity contribution < 1.29 is 29.8 Å². The van der Waals surface area contributed by atoms with Gasteiger partial charge in [0.2, 0.25) is 0 Å². The third-order valence-corrected chi connectivity index (χ3v) is 12.0. The molecule has 0 amide bonds. The van der Waals surface area contributed by atoms with Crippen LogP contribution in [-0.2, 0) is 17.4 Å². The van der Waals surface area contributed by atoms with Crippen molar-refractivity contribution in [3.05, 3.63) is 88.0 Å². The molecule has 0 saturated carbocycles. The van der Waals surface area contributed by atoms with E-state index in [1.807, 2.05) is 0 Å². The Labute approximate surface area is 198 Å². The molecular weight excluding hydrogens is 447 g/mol. The van der Waals surface area contributed by atoms with Crippen LogP contribution in [0.2, 0.25) is 13.1 Å². The van der Waals surface area contributed by atoms with Crippen LogP contribution in [0.25, 0.3) is 0 Å². The Balaban J connectivity index is 0.000000610. The van der Waals surface area contributed by atoms with Crippen molar-refractivity contribution in [3.8, 4) is 0 Å². The fourth-order valence-electron chi connectivity index (χ4n) is 3.19. The summed E-state index contributed by atoms with van der Waals surface area (Å²) in [5.41, 5.74) is 8.44. The van der Waals surface area contributed by atoms with Crippen LogP contribution in [0.4, 0.5) is 0 Å². The average molecular weight is 480 g/mol. The quantitative estimate of drug-likeness (QED) is 0.306. The number of halogens is 1. The van der Waals surface area contributed by atoms with Gasteiger partial charge in [0.25, 0.3) is 0 Å². The van der Waals surface area contributed by atoms with Crippen LogP contribution < -0.4 is 23.0 Å². The van der Waals surface area contributed by atoms with Gasteiger partial charge in [-0.2, -0.15) is 28.3 Å². The molecule has 0 aliphatic heterocycles. The van der Waals surface area contributed by atoms with E-state index >= 15 is 0 Å². The topological polar surface area (TPSA) is 0 Å². The first-order valence-corrected chi connectivity index (χ1v) is 14.3. The zero-order valence-electron chi connectivity index (χ0n) is 18.9. The Bertz CT molecular complexity index is 799. The van der Waals surface area contributed by atoms with Crippen molar-refractivity contribution >= 4 is 26.5 Å². The molecule has 3 aromatic carbocycles. The third-order valence-electron chi connectivity index (χ3n) is 5.21. The van der Waals surface area contributed by atoms with Crippen molar-refractivity contribution in [2.45, 2.75) is 54.6 Å². The van der Waals surface area contributed by atoms with Crippen LogP contribution >= 0.6 is 7.47 Å². The van der Waals surface area contributed by atoms with Crippen LogP contribution in [0.5, 0.6) is 0 Å². The van der Waals surface area contributed by atoms with Gasteiger partial charge in [-0.1, -0.05) is 108 Å². The molecule has 0 aliphatic carbocycles. The first-order valence-electron chi connectivity index (χ1n) is 9.64. The third kappa shape index (κ3) is 7.79. The Kier molecular flexibility index (Phi) is 12.5. The van der Waals surface area contributed by atoms with E-state index in [1.54, 1.807) is 0 Å². The van der Waals surface area contributed by atoms with Crippen molar-refractivity contribution in [1.29, 1.82) is 0 Å². The van der Waals surface area contributed by atoms with Crippen molar-refractivity contribution in [3.63, 3.8) is 0 Å². The summed E-state index contributed by atoms with van der Waals surface area (Å²) in [6, 6.07) is 20.5. The van der Waals surface area contributed by atoms with Gasteiger partial charge in [0.1, 0.15) is 0 Å². The largest absolute Gasteiger partial charge is 2.00 e. The minimum atomic E-state index is -0.338. The van der Waals surface area contributed by atoms with Gasteiger partial charge in [0.05, 0.1) is 8.46 Å². The van der Waals surface area contributed by atoms with Crippen LogP contribution in [0.15, 0.2) is 54.6 Å². The summed E-state index contributed by atoms with van der Waals surface area (Å²) in [5.74, 6) is 0. The van der Waals surface area contributed by atoms with Crippen molar-refractivity contribution in [2.24, 2.45) is 0 Å². The summed E-state index contributed by atoms with van der Waals surface area (Å²) in [6.45, 7) is 17.8.